The topological polar surface area (TPSA) is 50.7 Å². The fraction of sp³-hybridized carbons (Fsp3) is 0. The number of rotatable bonds is 2. The number of nitrogens with one attached hydrogen (secondary N) is 1. The summed E-state index contributed by atoms with van der Waals surface area (Å²) >= 11 is 11.6. The van der Waals surface area contributed by atoms with Crippen molar-refractivity contribution in [1.29, 1.82) is 0 Å². The number of anilines is 2. The summed E-state index contributed by atoms with van der Waals surface area (Å²) in [6.07, 6.45) is 4.75. The molecule has 0 aromatic carbocycles. The quantitative estimate of drug-likeness (QED) is 0.878. The molecule has 0 aliphatic heterocycles. The van der Waals surface area contributed by atoms with Crippen molar-refractivity contribution >= 4 is 35.0 Å². The van der Waals surface area contributed by atoms with Crippen molar-refractivity contribution in [2.45, 2.75) is 0 Å². The van der Waals surface area contributed by atoms with E-state index in [0.29, 0.717) is 21.8 Å². The van der Waals surface area contributed by atoms with Crippen LogP contribution in [0.25, 0.3) is 0 Å². The number of halogens is 2. The van der Waals surface area contributed by atoms with Crippen molar-refractivity contribution in [3.8, 4) is 0 Å². The van der Waals surface area contributed by atoms with Gasteiger partial charge in [0.2, 0.25) is 5.95 Å². The van der Waals surface area contributed by atoms with Crippen LogP contribution in [0, 0.1) is 0 Å². The molecule has 0 atom stereocenters. The van der Waals surface area contributed by atoms with E-state index < -0.39 is 0 Å². The first-order chi connectivity index (χ1) is 7.25. The van der Waals surface area contributed by atoms with Crippen LogP contribution >= 0.6 is 23.2 Å². The Morgan fingerprint density at radius 1 is 1.07 bits per heavy atom. The zero-order valence-corrected chi connectivity index (χ0v) is 9.00. The second kappa shape index (κ2) is 4.42. The van der Waals surface area contributed by atoms with Crippen molar-refractivity contribution in [2.75, 3.05) is 5.32 Å². The Bertz CT molecular complexity index is 461. The van der Waals surface area contributed by atoms with Gasteiger partial charge in [-0.25, -0.2) is 15.0 Å². The van der Waals surface area contributed by atoms with Crippen molar-refractivity contribution in [2.24, 2.45) is 0 Å². The molecule has 0 aliphatic rings. The molecule has 0 fully saturated rings. The minimum Gasteiger partial charge on any atom is -0.308 e. The zero-order valence-electron chi connectivity index (χ0n) is 7.48. The van der Waals surface area contributed by atoms with E-state index in [1.54, 1.807) is 24.5 Å². The molecule has 15 heavy (non-hydrogen) atoms. The van der Waals surface area contributed by atoms with Gasteiger partial charge in [-0.2, -0.15) is 0 Å². The van der Waals surface area contributed by atoms with Gasteiger partial charge in [0.1, 0.15) is 0 Å². The molecule has 6 heteroatoms. The van der Waals surface area contributed by atoms with Crippen LogP contribution in [0.2, 0.25) is 10.0 Å². The molecule has 0 radical (unpaired) electrons. The van der Waals surface area contributed by atoms with E-state index in [0.717, 1.165) is 0 Å². The lowest BCUT2D eigenvalue weighted by atomic mass is 10.4. The fourth-order valence-electron chi connectivity index (χ4n) is 0.976. The highest BCUT2D eigenvalue weighted by Gasteiger charge is 2.03. The largest absolute Gasteiger partial charge is 0.308 e. The van der Waals surface area contributed by atoms with Gasteiger partial charge in [0.05, 0.1) is 10.0 Å². The molecule has 4 nitrogen and oxygen atoms in total. The van der Waals surface area contributed by atoms with Gasteiger partial charge in [-0.05, 0) is 12.1 Å². The Morgan fingerprint density at radius 2 is 1.80 bits per heavy atom. The second-order valence-corrected chi connectivity index (χ2v) is 3.52. The van der Waals surface area contributed by atoms with E-state index >= 15 is 0 Å². The van der Waals surface area contributed by atoms with Crippen molar-refractivity contribution in [3.63, 3.8) is 0 Å². The van der Waals surface area contributed by atoms with E-state index in [-0.39, 0.29) is 0 Å². The maximum Gasteiger partial charge on any atom is 0.228 e. The first-order valence-electron chi connectivity index (χ1n) is 4.11. The first kappa shape index (κ1) is 10.1. The molecule has 0 unspecified atom stereocenters. The number of aromatic nitrogens is 3. The summed E-state index contributed by atoms with van der Waals surface area (Å²) in [6, 6.07) is 3.32. The number of pyridine rings is 1. The third-order valence-electron chi connectivity index (χ3n) is 1.60. The normalized spacial score (nSPS) is 10.0. The Balaban J connectivity index is 2.25. The second-order valence-electron chi connectivity index (χ2n) is 2.68. The van der Waals surface area contributed by atoms with Gasteiger partial charge >= 0.3 is 0 Å². The van der Waals surface area contributed by atoms with Crippen LogP contribution in [0.1, 0.15) is 0 Å². The summed E-state index contributed by atoms with van der Waals surface area (Å²) in [4.78, 5) is 12.0. The molecule has 0 saturated carbocycles. The first-order valence-corrected chi connectivity index (χ1v) is 4.86. The molecule has 1 N–H and O–H groups in total. The van der Waals surface area contributed by atoms with Gasteiger partial charge in [-0.15, -0.1) is 0 Å². The van der Waals surface area contributed by atoms with Crippen LogP contribution in [-0.2, 0) is 0 Å². The summed E-state index contributed by atoms with van der Waals surface area (Å²) < 4.78 is 0. The molecule has 0 spiro atoms. The van der Waals surface area contributed by atoms with Crippen molar-refractivity contribution < 1.29 is 0 Å². The van der Waals surface area contributed by atoms with Crippen LogP contribution in [0.4, 0.5) is 11.8 Å². The highest BCUT2D eigenvalue weighted by atomic mass is 35.5. The number of hydrogen-bond acceptors (Lipinski definition) is 4. The lowest BCUT2D eigenvalue weighted by Crippen LogP contribution is -1.98. The average Bonchev–Trinajstić information content (AvgIpc) is 2.24. The third-order valence-corrected chi connectivity index (χ3v) is 2.10. The molecule has 0 saturated heterocycles. The fourth-order valence-corrected chi connectivity index (χ4v) is 1.40. The highest BCUT2D eigenvalue weighted by Crippen LogP contribution is 2.23. The van der Waals surface area contributed by atoms with E-state index in [9.17, 15) is 0 Å². The van der Waals surface area contributed by atoms with Gasteiger partial charge in [-0.3, -0.25) is 0 Å². The van der Waals surface area contributed by atoms with Crippen LogP contribution in [0.5, 0.6) is 0 Å². The lowest BCUT2D eigenvalue weighted by Gasteiger charge is -2.04. The molecule has 0 bridgehead atoms. The van der Waals surface area contributed by atoms with Crippen LogP contribution in [0.3, 0.4) is 0 Å². The summed E-state index contributed by atoms with van der Waals surface area (Å²) in [7, 11) is 0. The Kier molecular flexibility index (Phi) is 2.99. The Hall–Kier alpha value is -1.39. The Labute approximate surface area is 96.3 Å². The minimum absolute atomic E-state index is 0.426. The van der Waals surface area contributed by atoms with E-state index in [4.69, 9.17) is 23.2 Å². The van der Waals surface area contributed by atoms with Gasteiger partial charge in [-0.1, -0.05) is 23.2 Å². The summed E-state index contributed by atoms with van der Waals surface area (Å²) in [5.41, 5.74) is 0. The highest BCUT2D eigenvalue weighted by molar-refractivity contribution is 6.36. The zero-order chi connectivity index (χ0) is 10.7. The SMILES string of the molecule is Clc1cnc(Nc2ncccn2)c(Cl)c1. The molecule has 2 heterocycles. The van der Waals surface area contributed by atoms with Gasteiger partial charge in [0, 0.05) is 18.6 Å². The lowest BCUT2D eigenvalue weighted by molar-refractivity contribution is 1.15. The predicted molar refractivity (Wildman–Crippen MR) is 59.6 cm³/mol. The van der Waals surface area contributed by atoms with E-state index in [2.05, 4.69) is 20.3 Å². The maximum atomic E-state index is 5.91. The molecule has 2 aromatic heterocycles. The molecular weight excluding hydrogens is 235 g/mol. The Morgan fingerprint density at radius 3 is 2.47 bits per heavy atom. The van der Waals surface area contributed by atoms with Crippen molar-refractivity contribution in [3.05, 3.63) is 40.8 Å². The van der Waals surface area contributed by atoms with Gasteiger partial charge in [0.25, 0.3) is 0 Å². The van der Waals surface area contributed by atoms with E-state index in [1.165, 1.54) is 6.20 Å². The van der Waals surface area contributed by atoms with Crippen LogP contribution < -0.4 is 5.32 Å². The smallest absolute Gasteiger partial charge is 0.228 e. The van der Waals surface area contributed by atoms with E-state index in [1.807, 2.05) is 0 Å². The van der Waals surface area contributed by atoms with Crippen LogP contribution in [-0.4, -0.2) is 15.0 Å². The summed E-state index contributed by atoms with van der Waals surface area (Å²) in [6.45, 7) is 0. The molecule has 0 aliphatic carbocycles. The van der Waals surface area contributed by atoms with Gasteiger partial charge in [0.15, 0.2) is 5.82 Å². The molecule has 2 aromatic rings. The van der Waals surface area contributed by atoms with Crippen LogP contribution in [0.15, 0.2) is 30.7 Å². The number of nitrogens with zero attached hydrogens (tertiary/aromatic N) is 3. The third kappa shape index (κ3) is 2.55. The standard InChI is InChI=1S/C9H6Cl2N4/c10-6-4-7(11)8(14-5-6)15-9-12-2-1-3-13-9/h1-5H,(H,12,13,14,15). The average molecular weight is 241 g/mol. The number of hydrogen-bond donors (Lipinski definition) is 1. The molecule has 0 amide bonds. The van der Waals surface area contributed by atoms with Crippen molar-refractivity contribution in [1.82, 2.24) is 15.0 Å². The minimum atomic E-state index is 0.426. The predicted octanol–water partition coefficient (Wildman–Crippen LogP) is 2.92. The molecular formula is C9H6Cl2N4. The van der Waals surface area contributed by atoms with Gasteiger partial charge < -0.3 is 5.32 Å². The summed E-state index contributed by atoms with van der Waals surface area (Å²) in [5.74, 6) is 0.918. The molecule has 2 rings (SSSR count). The molecule has 76 valence electrons. The monoisotopic (exact) mass is 240 g/mol. The maximum absolute atomic E-state index is 5.91. The summed E-state index contributed by atoms with van der Waals surface area (Å²) in [5, 5.41) is 3.79.